The maximum absolute atomic E-state index is 6.70. The van der Waals surface area contributed by atoms with E-state index in [4.69, 9.17) is 4.42 Å². The van der Waals surface area contributed by atoms with E-state index in [1.54, 1.807) is 0 Å². The van der Waals surface area contributed by atoms with Gasteiger partial charge in [0.15, 0.2) is 5.58 Å². The summed E-state index contributed by atoms with van der Waals surface area (Å²) in [5.41, 5.74) is 20.4. The van der Waals surface area contributed by atoms with Gasteiger partial charge in [-0.05, 0) is 115 Å². The van der Waals surface area contributed by atoms with Crippen molar-refractivity contribution in [3.63, 3.8) is 0 Å². The molecular weight excluding hydrogens is 679 g/mol. The van der Waals surface area contributed by atoms with Crippen molar-refractivity contribution in [3.8, 4) is 44.5 Å². The first-order chi connectivity index (χ1) is 27.3. The number of anilines is 3. The first kappa shape index (κ1) is 32.8. The van der Waals surface area contributed by atoms with Crippen LogP contribution in [0.5, 0.6) is 0 Å². The summed E-state index contributed by atoms with van der Waals surface area (Å²) in [6.07, 6.45) is 0. The Morgan fingerprint density at radius 1 is 0.375 bits per heavy atom. The van der Waals surface area contributed by atoms with Gasteiger partial charge in [0.2, 0.25) is 0 Å². The largest absolute Gasteiger partial charge is 0.454 e. The number of hydrogen-bond acceptors (Lipinski definition) is 2. The van der Waals surface area contributed by atoms with E-state index < -0.39 is 0 Å². The lowest BCUT2D eigenvalue weighted by atomic mass is 9.82. The number of benzene rings is 8. The van der Waals surface area contributed by atoms with Crippen LogP contribution in [0.4, 0.5) is 17.1 Å². The molecule has 0 unspecified atom stereocenters. The van der Waals surface area contributed by atoms with Crippen LogP contribution in [0.25, 0.3) is 66.4 Å². The van der Waals surface area contributed by atoms with Crippen LogP contribution in [0.15, 0.2) is 180 Å². The fourth-order valence-corrected chi connectivity index (χ4v) is 9.78. The molecule has 0 saturated heterocycles. The molecule has 0 amide bonds. The molecule has 2 aliphatic rings. The molecule has 9 aromatic rings. The van der Waals surface area contributed by atoms with E-state index in [0.717, 1.165) is 39.0 Å². The van der Waals surface area contributed by atoms with E-state index in [1.165, 1.54) is 66.8 Å². The van der Waals surface area contributed by atoms with Crippen molar-refractivity contribution in [2.75, 3.05) is 4.90 Å². The van der Waals surface area contributed by atoms with Gasteiger partial charge in [-0.1, -0.05) is 155 Å². The van der Waals surface area contributed by atoms with Crippen LogP contribution < -0.4 is 4.90 Å². The van der Waals surface area contributed by atoms with Crippen molar-refractivity contribution >= 4 is 39.0 Å². The molecule has 1 aromatic heterocycles. The zero-order valence-corrected chi connectivity index (χ0v) is 32.1. The van der Waals surface area contributed by atoms with E-state index in [2.05, 4.69) is 202 Å². The van der Waals surface area contributed by atoms with Crippen molar-refractivity contribution in [2.24, 2.45) is 0 Å². The van der Waals surface area contributed by atoms with Crippen LogP contribution in [0.2, 0.25) is 0 Å². The number of fused-ring (bicyclic) bond motifs is 9. The minimum Gasteiger partial charge on any atom is -0.454 e. The summed E-state index contributed by atoms with van der Waals surface area (Å²) in [5, 5.41) is 2.23. The summed E-state index contributed by atoms with van der Waals surface area (Å²) < 4.78 is 6.70. The fraction of sp³-hybridized carbons (Fsp3) is 0.111. The zero-order chi connectivity index (χ0) is 37.8. The Balaban J connectivity index is 1.08. The quantitative estimate of drug-likeness (QED) is 0.176. The average Bonchev–Trinajstić information content (AvgIpc) is 3.81. The van der Waals surface area contributed by atoms with Crippen LogP contribution in [0, 0.1) is 0 Å². The van der Waals surface area contributed by atoms with E-state index in [0.29, 0.717) is 0 Å². The van der Waals surface area contributed by atoms with Gasteiger partial charge in [0.1, 0.15) is 5.58 Å². The van der Waals surface area contributed by atoms with Gasteiger partial charge in [0.25, 0.3) is 0 Å². The lowest BCUT2D eigenvalue weighted by molar-refractivity contribution is 0.660. The average molecular weight is 720 g/mol. The number of furan rings is 1. The van der Waals surface area contributed by atoms with Crippen molar-refractivity contribution < 1.29 is 4.42 Å². The highest BCUT2D eigenvalue weighted by Crippen LogP contribution is 2.52. The number of rotatable bonds is 5. The molecule has 2 aliphatic carbocycles. The first-order valence-corrected chi connectivity index (χ1v) is 19.7. The van der Waals surface area contributed by atoms with Crippen LogP contribution >= 0.6 is 0 Å². The van der Waals surface area contributed by atoms with Crippen LogP contribution in [0.1, 0.15) is 49.9 Å². The summed E-state index contributed by atoms with van der Waals surface area (Å²) in [7, 11) is 0. The maximum Gasteiger partial charge on any atom is 0.159 e. The highest BCUT2D eigenvalue weighted by Gasteiger charge is 2.36. The zero-order valence-electron chi connectivity index (χ0n) is 32.1. The Morgan fingerprint density at radius 2 is 0.839 bits per heavy atom. The molecule has 56 heavy (non-hydrogen) atoms. The molecule has 0 aliphatic heterocycles. The lowest BCUT2D eigenvalue weighted by Crippen LogP contribution is -2.14. The molecule has 0 fully saturated rings. The van der Waals surface area contributed by atoms with E-state index >= 15 is 0 Å². The third-order valence-corrected chi connectivity index (χ3v) is 12.7. The molecule has 0 bridgehead atoms. The maximum atomic E-state index is 6.70. The van der Waals surface area contributed by atoms with Gasteiger partial charge in [0.05, 0.1) is 5.69 Å². The molecule has 268 valence electrons. The smallest absolute Gasteiger partial charge is 0.159 e. The van der Waals surface area contributed by atoms with E-state index in [-0.39, 0.29) is 10.8 Å². The van der Waals surface area contributed by atoms with Crippen molar-refractivity contribution in [1.29, 1.82) is 0 Å². The van der Waals surface area contributed by atoms with Gasteiger partial charge < -0.3 is 9.32 Å². The normalized spacial score (nSPS) is 14.4. The summed E-state index contributed by atoms with van der Waals surface area (Å²) in [6, 6.07) is 64.6. The predicted octanol–water partition coefficient (Wildman–Crippen LogP) is 15.0. The van der Waals surface area contributed by atoms with Crippen molar-refractivity contribution in [3.05, 3.63) is 198 Å². The third-order valence-electron chi connectivity index (χ3n) is 12.7. The molecule has 0 saturated carbocycles. The standard InChI is InChI=1S/C54H41NO/c1-53(2)46-22-8-5-18-40(46)44-32-36(26-28-48(44)53)34-14-11-16-38(30-34)55(50-24-13-21-43-42-20-7-10-25-51(42)56-52(43)50)39-17-12-15-35(31-39)37-27-29-49-45(33-37)41-19-6-9-23-47(41)54(49,3)4/h5-33H,1-4H3. The third kappa shape index (κ3) is 4.75. The van der Waals surface area contributed by atoms with Gasteiger partial charge in [-0.3, -0.25) is 0 Å². The first-order valence-electron chi connectivity index (χ1n) is 19.7. The molecule has 0 radical (unpaired) electrons. The molecule has 2 nitrogen and oxygen atoms in total. The monoisotopic (exact) mass is 719 g/mol. The van der Waals surface area contributed by atoms with Crippen LogP contribution in [-0.2, 0) is 10.8 Å². The SMILES string of the molecule is CC1(C)c2ccccc2-c2cc(-c3cccc(N(c4cccc(-c5ccc6c(c5)-c5ccccc5C6(C)C)c4)c4cccc5c4oc4ccccc45)c3)ccc21. The van der Waals surface area contributed by atoms with Gasteiger partial charge >= 0.3 is 0 Å². The van der Waals surface area contributed by atoms with Gasteiger partial charge in [-0.2, -0.15) is 0 Å². The highest BCUT2D eigenvalue weighted by atomic mass is 16.3. The lowest BCUT2D eigenvalue weighted by Gasteiger charge is -2.27. The highest BCUT2D eigenvalue weighted by molar-refractivity contribution is 6.10. The Kier molecular flexibility index (Phi) is 6.98. The Morgan fingerprint density at radius 3 is 1.43 bits per heavy atom. The fourth-order valence-electron chi connectivity index (χ4n) is 9.78. The van der Waals surface area contributed by atoms with E-state index in [1.807, 2.05) is 6.07 Å². The summed E-state index contributed by atoms with van der Waals surface area (Å²) in [6.45, 7) is 9.35. The number of nitrogens with zero attached hydrogens (tertiary/aromatic N) is 1. The van der Waals surface area contributed by atoms with E-state index in [9.17, 15) is 0 Å². The minimum absolute atomic E-state index is 0.0300. The van der Waals surface area contributed by atoms with Gasteiger partial charge in [-0.15, -0.1) is 0 Å². The molecule has 0 spiro atoms. The molecule has 8 aromatic carbocycles. The van der Waals surface area contributed by atoms with Gasteiger partial charge in [-0.25, -0.2) is 0 Å². The second kappa shape index (κ2) is 11.9. The molecule has 0 N–H and O–H groups in total. The van der Waals surface area contributed by atoms with Crippen LogP contribution in [0.3, 0.4) is 0 Å². The second-order valence-corrected chi connectivity index (χ2v) is 16.6. The number of para-hydroxylation sites is 2. The topological polar surface area (TPSA) is 16.4 Å². The summed E-state index contributed by atoms with van der Waals surface area (Å²) in [5.74, 6) is 0. The molecule has 2 heteroatoms. The Bertz CT molecular complexity index is 2900. The Labute approximate surface area is 328 Å². The molecular formula is C54H41NO. The second-order valence-electron chi connectivity index (χ2n) is 16.6. The molecule has 11 rings (SSSR count). The minimum atomic E-state index is -0.0300. The van der Waals surface area contributed by atoms with Crippen molar-refractivity contribution in [1.82, 2.24) is 0 Å². The summed E-state index contributed by atoms with van der Waals surface area (Å²) in [4.78, 5) is 2.37. The van der Waals surface area contributed by atoms with Crippen molar-refractivity contribution in [2.45, 2.75) is 38.5 Å². The predicted molar refractivity (Wildman–Crippen MR) is 234 cm³/mol. The molecule has 0 atom stereocenters. The molecule has 1 heterocycles. The number of hydrogen-bond donors (Lipinski definition) is 0. The van der Waals surface area contributed by atoms with Gasteiger partial charge in [0, 0.05) is 33.0 Å². The summed E-state index contributed by atoms with van der Waals surface area (Å²) >= 11 is 0. The van der Waals surface area contributed by atoms with Crippen LogP contribution in [-0.4, -0.2) is 0 Å². The Hall–Kier alpha value is -6.64.